The molecule has 0 bridgehead atoms. The van der Waals surface area contributed by atoms with Crippen LogP contribution in [0.25, 0.3) is 5.82 Å². The molecule has 3 aromatic rings. The lowest BCUT2D eigenvalue weighted by molar-refractivity contribution is 0.102. The molecular weight excluding hydrogens is 254 g/mol. The number of nitrogens with zero attached hydrogens (tertiary/aromatic N) is 4. The number of rotatable bonds is 3. The third-order valence-electron chi connectivity index (χ3n) is 2.66. The standard InChI is InChI=1S/C14H11N5O/c20-14(17-11-4-2-1-3-5-11)12-8-16-9-13(18-12)19-7-6-15-10-19/h1-10H,(H,17,20). The molecule has 0 radical (unpaired) electrons. The Morgan fingerprint density at radius 2 is 1.95 bits per heavy atom. The normalized spacial score (nSPS) is 10.2. The topological polar surface area (TPSA) is 72.7 Å². The van der Waals surface area contributed by atoms with Crippen molar-refractivity contribution in [2.75, 3.05) is 5.32 Å². The number of carbonyl (C=O) groups excluding carboxylic acids is 1. The van der Waals surface area contributed by atoms with E-state index in [1.807, 2.05) is 30.3 Å². The lowest BCUT2D eigenvalue weighted by atomic mass is 10.3. The molecule has 3 rings (SSSR count). The van der Waals surface area contributed by atoms with Crippen LogP contribution in [0, 0.1) is 0 Å². The van der Waals surface area contributed by atoms with Crippen LogP contribution in [0.1, 0.15) is 10.5 Å². The fraction of sp³-hybridized carbons (Fsp3) is 0. The van der Waals surface area contributed by atoms with E-state index in [9.17, 15) is 4.79 Å². The molecule has 98 valence electrons. The first-order valence-electron chi connectivity index (χ1n) is 6.00. The van der Waals surface area contributed by atoms with Crippen molar-refractivity contribution in [2.45, 2.75) is 0 Å². The molecule has 6 nitrogen and oxygen atoms in total. The average Bonchev–Trinajstić information content (AvgIpc) is 3.03. The number of nitrogens with one attached hydrogen (secondary N) is 1. The van der Waals surface area contributed by atoms with E-state index in [2.05, 4.69) is 20.3 Å². The molecule has 2 aromatic heterocycles. The first-order valence-corrected chi connectivity index (χ1v) is 6.00. The molecule has 0 saturated heterocycles. The van der Waals surface area contributed by atoms with Crippen LogP contribution in [-0.2, 0) is 0 Å². The molecule has 0 aliphatic heterocycles. The summed E-state index contributed by atoms with van der Waals surface area (Å²) < 4.78 is 1.69. The smallest absolute Gasteiger partial charge is 0.275 e. The van der Waals surface area contributed by atoms with Gasteiger partial charge in [0.25, 0.3) is 5.91 Å². The Hall–Kier alpha value is -3.02. The zero-order valence-corrected chi connectivity index (χ0v) is 10.5. The minimum absolute atomic E-state index is 0.250. The molecule has 0 aliphatic carbocycles. The molecule has 0 spiro atoms. The molecular formula is C14H11N5O. The maximum Gasteiger partial charge on any atom is 0.275 e. The highest BCUT2D eigenvalue weighted by molar-refractivity contribution is 6.02. The number of anilines is 1. The van der Waals surface area contributed by atoms with Gasteiger partial charge in [-0.1, -0.05) is 18.2 Å². The molecule has 0 atom stereocenters. The van der Waals surface area contributed by atoms with E-state index in [4.69, 9.17) is 0 Å². The van der Waals surface area contributed by atoms with Crippen molar-refractivity contribution < 1.29 is 4.79 Å². The molecule has 0 saturated carbocycles. The lowest BCUT2D eigenvalue weighted by Crippen LogP contribution is -2.15. The van der Waals surface area contributed by atoms with Gasteiger partial charge in [0.1, 0.15) is 12.0 Å². The first-order chi connectivity index (χ1) is 9.83. The fourth-order valence-electron chi connectivity index (χ4n) is 1.70. The van der Waals surface area contributed by atoms with Crippen molar-refractivity contribution >= 4 is 11.6 Å². The molecule has 6 heteroatoms. The quantitative estimate of drug-likeness (QED) is 0.785. The van der Waals surface area contributed by atoms with Gasteiger partial charge in [-0.15, -0.1) is 0 Å². The summed E-state index contributed by atoms with van der Waals surface area (Å²) in [5, 5.41) is 2.76. The Bertz CT molecular complexity index is 709. The van der Waals surface area contributed by atoms with Gasteiger partial charge in [0.05, 0.1) is 12.4 Å². The van der Waals surface area contributed by atoms with Crippen molar-refractivity contribution in [1.29, 1.82) is 0 Å². The van der Waals surface area contributed by atoms with Crippen molar-refractivity contribution in [1.82, 2.24) is 19.5 Å². The molecule has 0 fully saturated rings. The van der Waals surface area contributed by atoms with Gasteiger partial charge >= 0.3 is 0 Å². The van der Waals surface area contributed by atoms with Crippen molar-refractivity contribution in [3.8, 4) is 5.82 Å². The number of benzene rings is 1. The van der Waals surface area contributed by atoms with E-state index in [1.54, 1.807) is 29.5 Å². The van der Waals surface area contributed by atoms with Crippen LogP contribution in [0.5, 0.6) is 0 Å². The summed E-state index contributed by atoms with van der Waals surface area (Å²) in [6.07, 6.45) is 7.98. The maximum atomic E-state index is 12.1. The zero-order chi connectivity index (χ0) is 13.8. The van der Waals surface area contributed by atoms with Gasteiger partial charge in [-0.05, 0) is 12.1 Å². The Balaban J connectivity index is 1.84. The second-order valence-corrected chi connectivity index (χ2v) is 4.05. The Morgan fingerprint density at radius 1 is 1.10 bits per heavy atom. The monoisotopic (exact) mass is 265 g/mol. The molecule has 1 amide bonds. The van der Waals surface area contributed by atoms with Crippen LogP contribution in [-0.4, -0.2) is 25.4 Å². The summed E-state index contributed by atoms with van der Waals surface area (Å²) in [6, 6.07) is 9.21. The number of aromatic nitrogens is 4. The summed E-state index contributed by atoms with van der Waals surface area (Å²) in [6.45, 7) is 0. The minimum Gasteiger partial charge on any atom is -0.321 e. The van der Waals surface area contributed by atoms with Crippen LogP contribution in [0.2, 0.25) is 0 Å². The molecule has 1 aromatic carbocycles. The van der Waals surface area contributed by atoms with Crippen LogP contribution in [0.15, 0.2) is 61.4 Å². The molecule has 2 heterocycles. The van der Waals surface area contributed by atoms with E-state index in [-0.39, 0.29) is 11.6 Å². The molecule has 0 aliphatic rings. The predicted molar refractivity (Wildman–Crippen MR) is 73.5 cm³/mol. The van der Waals surface area contributed by atoms with E-state index >= 15 is 0 Å². The summed E-state index contributed by atoms with van der Waals surface area (Å²) >= 11 is 0. The third kappa shape index (κ3) is 2.54. The summed E-state index contributed by atoms with van der Waals surface area (Å²) in [5.41, 5.74) is 0.965. The fourth-order valence-corrected chi connectivity index (χ4v) is 1.70. The lowest BCUT2D eigenvalue weighted by Gasteiger charge is -2.05. The second kappa shape index (κ2) is 5.31. The Labute approximate surface area is 115 Å². The largest absolute Gasteiger partial charge is 0.321 e. The third-order valence-corrected chi connectivity index (χ3v) is 2.66. The second-order valence-electron chi connectivity index (χ2n) is 4.05. The van der Waals surface area contributed by atoms with Crippen LogP contribution in [0.4, 0.5) is 5.69 Å². The number of amides is 1. The van der Waals surface area contributed by atoms with E-state index in [1.165, 1.54) is 6.20 Å². The highest BCUT2D eigenvalue weighted by Gasteiger charge is 2.09. The van der Waals surface area contributed by atoms with E-state index in [0.29, 0.717) is 11.5 Å². The molecule has 1 N–H and O–H groups in total. The van der Waals surface area contributed by atoms with E-state index < -0.39 is 0 Å². The van der Waals surface area contributed by atoms with Gasteiger partial charge in [0.2, 0.25) is 0 Å². The number of carbonyl (C=O) groups is 1. The van der Waals surface area contributed by atoms with Gasteiger partial charge in [-0.3, -0.25) is 14.3 Å². The summed E-state index contributed by atoms with van der Waals surface area (Å²) in [4.78, 5) is 24.3. The van der Waals surface area contributed by atoms with Gasteiger partial charge in [0, 0.05) is 18.1 Å². The highest BCUT2D eigenvalue weighted by Crippen LogP contribution is 2.08. The number of hydrogen-bond donors (Lipinski definition) is 1. The summed E-state index contributed by atoms with van der Waals surface area (Å²) in [7, 11) is 0. The Morgan fingerprint density at radius 3 is 2.70 bits per heavy atom. The van der Waals surface area contributed by atoms with Crippen LogP contribution < -0.4 is 5.32 Å². The van der Waals surface area contributed by atoms with Gasteiger partial charge in [-0.25, -0.2) is 9.97 Å². The Kier molecular flexibility index (Phi) is 3.20. The highest BCUT2D eigenvalue weighted by atomic mass is 16.1. The van der Waals surface area contributed by atoms with Crippen LogP contribution in [0.3, 0.4) is 0 Å². The predicted octanol–water partition coefficient (Wildman–Crippen LogP) is 1.91. The SMILES string of the molecule is O=C(Nc1ccccc1)c1cncc(-n2ccnc2)n1. The van der Waals surface area contributed by atoms with E-state index in [0.717, 1.165) is 0 Å². The van der Waals surface area contributed by atoms with Gasteiger partial charge in [-0.2, -0.15) is 0 Å². The van der Waals surface area contributed by atoms with Gasteiger partial charge in [0.15, 0.2) is 5.82 Å². The van der Waals surface area contributed by atoms with Gasteiger partial charge < -0.3 is 5.32 Å². The maximum absolute atomic E-state index is 12.1. The summed E-state index contributed by atoms with van der Waals surface area (Å²) in [5.74, 6) is 0.244. The zero-order valence-electron chi connectivity index (χ0n) is 10.5. The number of imidazole rings is 1. The first kappa shape index (κ1) is 12.0. The molecule has 0 unspecified atom stereocenters. The number of para-hydroxylation sites is 1. The van der Waals surface area contributed by atoms with Crippen molar-refractivity contribution in [3.05, 3.63) is 67.1 Å². The van der Waals surface area contributed by atoms with Crippen molar-refractivity contribution in [3.63, 3.8) is 0 Å². The minimum atomic E-state index is -0.300. The average molecular weight is 265 g/mol. The van der Waals surface area contributed by atoms with Crippen LogP contribution >= 0.6 is 0 Å². The number of hydrogen-bond acceptors (Lipinski definition) is 4. The van der Waals surface area contributed by atoms with Crippen molar-refractivity contribution in [2.24, 2.45) is 0 Å². The molecule has 20 heavy (non-hydrogen) atoms.